The lowest BCUT2D eigenvalue weighted by atomic mass is 10.0. The van der Waals surface area contributed by atoms with Crippen LogP contribution in [0.4, 0.5) is 31.5 Å². The first-order chi connectivity index (χ1) is 15.3. The molecule has 0 aliphatic heterocycles. The number of alkyl halides is 6. The summed E-state index contributed by atoms with van der Waals surface area (Å²) >= 11 is 7.22. The van der Waals surface area contributed by atoms with Gasteiger partial charge in [-0.25, -0.2) is 4.98 Å². The maximum atomic E-state index is 13.3. The third-order valence-corrected chi connectivity index (χ3v) is 6.00. The second-order valence-electron chi connectivity index (χ2n) is 7.49. The lowest BCUT2D eigenvalue weighted by Gasteiger charge is -2.22. The third-order valence-electron chi connectivity index (χ3n) is 4.66. The largest absolute Gasteiger partial charge is 0.416 e. The minimum Gasteiger partial charge on any atom is -0.309 e. The summed E-state index contributed by atoms with van der Waals surface area (Å²) in [5.41, 5.74) is -3.44. The van der Waals surface area contributed by atoms with Crippen LogP contribution in [0.2, 0.25) is 5.02 Å². The Hall–Kier alpha value is -2.37. The van der Waals surface area contributed by atoms with E-state index in [9.17, 15) is 31.1 Å². The van der Waals surface area contributed by atoms with Crippen molar-refractivity contribution in [1.82, 2.24) is 9.88 Å². The summed E-state index contributed by atoms with van der Waals surface area (Å²) < 4.78 is 80.3. The van der Waals surface area contributed by atoms with Gasteiger partial charge in [-0.1, -0.05) is 29.0 Å². The molecule has 4 nitrogen and oxygen atoms in total. The predicted octanol–water partition coefficient (Wildman–Crippen LogP) is 6.59. The summed E-state index contributed by atoms with van der Waals surface area (Å²) in [5, 5.41) is 0.446. The molecule has 0 saturated carbocycles. The molecule has 1 aromatic heterocycles. The van der Waals surface area contributed by atoms with Crippen molar-refractivity contribution in [2.45, 2.75) is 18.8 Å². The van der Waals surface area contributed by atoms with Gasteiger partial charge in [0.15, 0.2) is 5.13 Å². The topological polar surface area (TPSA) is 36.4 Å². The van der Waals surface area contributed by atoms with Crippen LogP contribution >= 0.6 is 22.9 Å². The molecule has 0 aliphatic rings. The number of carbonyl (C=O) groups is 1. The Bertz CT molecular complexity index is 1130. The maximum Gasteiger partial charge on any atom is 0.416 e. The molecule has 1 amide bonds. The highest BCUT2D eigenvalue weighted by atomic mass is 35.5. The first-order valence-corrected chi connectivity index (χ1v) is 10.8. The van der Waals surface area contributed by atoms with Crippen molar-refractivity contribution >= 4 is 44.2 Å². The van der Waals surface area contributed by atoms with E-state index in [0.29, 0.717) is 40.3 Å². The average Bonchev–Trinajstić information content (AvgIpc) is 3.14. The van der Waals surface area contributed by atoms with E-state index in [1.807, 2.05) is 4.90 Å². The van der Waals surface area contributed by atoms with Crippen molar-refractivity contribution in [2.75, 3.05) is 32.1 Å². The third kappa shape index (κ3) is 5.96. The Balaban J connectivity index is 2.09. The Kier molecular flexibility index (Phi) is 7.25. The van der Waals surface area contributed by atoms with Crippen LogP contribution in [0.3, 0.4) is 0 Å². The molecule has 0 bridgehead atoms. The fourth-order valence-corrected chi connectivity index (χ4v) is 4.37. The van der Waals surface area contributed by atoms with E-state index < -0.39 is 35.0 Å². The van der Waals surface area contributed by atoms with Gasteiger partial charge in [-0.2, -0.15) is 26.3 Å². The number of carbonyl (C=O) groups excluding carboxylic acids is 1. The van der Waals surface area contributed by atoms with Crippen LogP contribution in [0.25, 0.3) is 10.2 Å². The number of para-hydroxylation sites is 1. The number of benzene rings is 2. The molecule has 0 fully saturated rings. The van der Waals surface area contributed by atoms with Crippen LogP contribution in [0.15, 0.2) is 36.4 Å². The van der Waals surface area contributed by atoms with E-state index in [2.05, 4.69) is 4.98 Å². The van der Waals surface area contributed by atoms with Crippen LogP contribution in [0, 0.1) is 0 Å². The molecule has 0 aliphatic carbocycles. The fraction of sp³-hybridized carbons (Fsp3) is 0.333. The smallest absolute Gasteiger partial charge is 0.309 e. The summed E-state index contributed by atoms with van der Waals surface area (Å²) in [6, 6.07) is 5.82. The zero-order valence-corrected chi connectivity index (χ0v) is 19.0. The van der Waals surface area contributed by atoms with Gasteiger partial charge in [-0.15, -0.1) is 0 Å². The van der Waals surface area contributed by atoms with Gasteiger partial charge in [0.2, 0.25) is 0 Å². The number of fused-ring (bicyclic) bond motifs is 1. The first kappa shape index (κ1) is 25.3. The van der Waals surface area contributed by atoms with E-state index in [0.717, 1.165) is 16.2 Å². The summed E-state index contributed by atoms with van der Waals surface area (Å²) in [4.78, 5) is 20.5. The standard InChI is InChI=1S/C21H18ClF6N3OS/c1-30(2)7-4-8-31(19-29-17-15(22)5-3-6-16(17)33-19)18(32)12-9-13(20(23,24)25)11-14(10-12)21(26,27)28/h3,5-6,9-11H,4,7-8H2,1-2H3. The summed E-state index contributed by atoms with van der Waals surface area (Å²) in [5.74, 6) is -1.01. The van der Waals surface area contributed by atoms with Crippen molar-refractivity contribution in [3.63, 3.8) is 0 Å². The van der Waals surface area contributed by atoms with E-state index in [1.54, 1.807) is 32.3 Å². The highest BCUT2D eigenvalue weighted by Gasteiger charge is 2.38. The zero-order valence-electron chi connectivity index (χ0n) is 17.4. The predicted molar refractivity (Wildman–Crippen MR) is 116 cm³/mol. The average molecular weight is 510 g/mol. The van der Waals surface area contributed by atoms with Gasteiger partial charge in [0.25, 0.3) is 5.91 Å². The molecule has 3 aromatic rings. The van der Waals surface area contributed by atoms with Crippen LogP contribution in [0.1, 0.15) is 27.9 Å². The number of hydrogen-bond donors (Lipinski definition) is 0. The van der Waals surface area contributed by atoms with E-state index in [1.165, 1.54) is 0 Å². The lowest BCUT2D eigenvalue weighted by Crippen LogP contribution is -2.34. The summed E-state index contributed by atoms with van der Waals surface area (Å²) in [6.07, 6.45) is -9.71. The molecule has 2 aromatic carbocycles. The van der Waals surface area contributed by atoms with Gasteiger partial charge in [-0.05, 0) is 57.4 Å². The highest BCUT2D eigenvalue weighted by Crippen LogP contribution is 2.38. The zero-order chi connectivity index (χ0) is 24.6. The second-order valence-corrected chi connectivity index (χ2v) is 8.91. The van der Waals surface area contributed by atoms with Crippen LogP contribution in [0.5, 0.6) is 0 Å². The number of thiazole rings is 1. The van der Waals surface area contributed by atoms with Crippen molar-refractivity contribution < 1.29 is 31.1 Å². The molecule has 0 radical (unpaired) electrons. The number of rotatable bonds is 6. The number of nitrogens with zero attached hydrogens (tertiary/aromatic N) is 3. The van der Waals surface area contributed by atoms with Crippen LogP contribution < -0.4 is 4.90 Å². The normalized spacial score (nSPS) is 12.5. The lowest BCUT2D eigenvalue weighted by molar-refractivity contribution is -0.143. The van der Waals surface area contributed by atoms with Gasteiger partial charge in [0, 0.05) is 12.1 Å². The molecule has 178 valence electrons. The summed E-state index contributed by atoms with van der Waals surface area (Å²) in [7, 11) is 3.60. The van der Waals surface area contributed by atoms with Gasteiger partial charge in [0.05, 0.1) is 20.8 Å². The molecule has 0 saturated heterocycles. The number of anilines is 1. The fourth-order valence-electron chi connectivity index (χ4n) is 3.08. The Labute approximate surface area is 194 Å². The number of halogens is 7. The van der Waals surface area contributed by atoms with Gasteiger partial charge >= 0.3 is 12.4 Å². The Morgan fingerprint density at radius 2 is 1.61 bits per heavy atom. The van der Waals surface area contributed by atoms with Gasteiger partial charge in [0.1, 0.15) is 5.52 Å². The molecule has 0 unspecified atom stereocenters. The minimum absolute atomic E-state index is 0.00930. The monoisotopic (exact) mass is 509 g/mol. The number of amides is 1. The maximum absolute atomic E-state index is 13.3. The Morgan fingerprint density at radius 3 is 2.12 bits per heavy atom. The first-order valence-electron chi connectivity index (χ1n) is 9.58. The molecular formula is C21H18ClF6N3OS. The molecule has 1 heterocycles. The highest BCUT2D eigenvalue weighted by molar-refractivity contribution is 7.22. The van der Waals surface area contributed by atoms with Crippen molar-refractivity contribution in [3.8, 4) is 0 Å². The van der Waals surface area contributed by atoms with Crippen LogP contribution in [-0.4, -0.2) is 43.0 Å². The van der Waals surface area contributed by atoms with Crippen LogP contribution in [-0.2, 0) is 12.4 Å². The van der Waals surface area contributed by atoms with Gasteiger partial charge in [-0.3, -0.25) is 9.69 Å². The van der Waals surface area contributed by atoms with E-state index in [4.69, 9.17) is 11.6 Å². The molecule has 0 N–H and O–H groups in total. The molecule has 0 spiro atoms. The Morgan fingerprint density at radius 1 is 1.00 bits per heavy atom. The van der Waals surface area contributed by atoms with Gasteiger partial charge < -0.3 is 4.90 Å². The quantitative estimate of drug-likeness (QED) is 0.352. The van der Waals surface area contributed by atoms with E-state index in [-0.39, 0.29) is 17.7 Å². The van der Waals surface area contributed by atoms with Crippen molar-refractivity contribution in [2.24, 2.45) is 0 Å². The van der Waals surface area contributed by atoms with E-state index >= 15 is 0 Å². The van der Waals surface area contributed by atoms with Crippen molar-refractivity contribution in [1.29, 1.82) is 0 Å². The second kappa shape index (κ2) is 9.47. The van der Waals surface area contributed by atoms with Crippen molar-refractivity contribution in [3.05, 3.63) is 58.1 Å². The SMILES string of the molecule is CN(C)CCCN(C(=O)c1cc(C(F)(F)F)cc(C(F)(F)F)c1)c1nc2c(Cl)cccc2s1. The summed E-state index contributed by atoms with van der Waals surface area (Å²) in [6.45, 7) is 0.567. The molecular weight excluding hydrogens is 492 g/mol. The molecule has 12 heteroatoms. The molecule has 0 atom stereocenters. The number of aromatic nitrogens is 1. The molecule has 33 heavy (non-hydrogen) atoms. The minimum atomic E-state index is -5.06. The molecule has 3 rings (SSSR count). The number of hydrogen-bond acceptors (Lipinski definition) is 4.